The van der Waals surface area contributed by atoms with Gasteiger partial charge >= 0.3 is 188 Å². The number of rotatable bonds is 5. The van der Waals surface area contributed by atoms with Crippen LogP contribution in [0, 0.1) is 14.1 Å². The topological polar surface area (TPSA) is 43.4 Å². The van der Waals surface area contributed by atoms with E-state index in [9.17, 15) is 34.8 Å². The van der Waals surface area contributed by atoms with Crippen molar-refractivity contribution < 1.29 is 37.3 Å². The number of hydrogen-bond acceptors (Lipinski definition) is 3. The van der Waals surface area contributed by atoms with Crippen molar-refractivity contribution in [2.24, 2.45) is 0 Å². The number of halogens is 7. The van der Waals surface area contributed by atoms with Crippen molar-refractivity contribution in [2.45, 2.75) is 24.2 Å². The summed E-state index contributed by atoms with van der Waals surface area (Å²) in [7, 11) is -4.32. The van der Waals surface area contributed by atoms with E-state index in [2.05, 4.69) is 0 Å². The van der Waals surface area contributed by atoms with Crippen LogP contribution in [0.5, 0.6) is 0 Å². The molecular formula is C21H15F6IO3S. The summed E-state index contributed by atoms with van der Waals surface area (Å²) < 4.78 is 109. The van der Waals surface area contributed by atoms with E-state index in [1.165, 1.54) is 12.1 Å². The Morgan fingerprint density at radius 3 is 1.38 bits per heavy atom. The Hall–Kier alpha value is -2.12. The van der Waals surface area contributed by atoms with Gasteiger partial charge in [0, 0.05) is 0 Å². The number of benzene rings is 3. The summed E-state index contributed by atoms with van der Waals surface area (Å²) >= 11 is -3.45. The maximum absolute atomic E-state index is 12.9. The van der Waals surface area contributed by atoms with Gasteiger partial charge in [0.2, 0.25) is 0 Å². The van der Waals surface area contributed by atoms with Gasteiger partial charge in [-0.1, -0.05) is 0 Å². The molecule has 0 aromatic heterocycles. The average Bonchev–Trinajstić information content (AvgIpc) is 2.71. The summed E-state index contributed by atoms with van der Waals surface area (Å²) in [6, 6.07) is 13.2. The Labute approximate surface area is 188 Å². The molecule has 0 heterocycles. The average molecular weight is 588 g/mol. The molecule has 0 aliphatic rings. The van der Waals surface area contributed by atoms with E-state index < -0.39 is 53.8 Å². The van der Waals surface area contributed by atoms with E-state index >= 15 is 0 Å². The van der Waals surface area contributed by atoms with Crippen molar-refractivity contribution in [3.05, 3.63) is 96.6 Å². The molecule has 11 heteroatoms. The van der Waals surface area contributed by atoms with Crippen molar-refractivity contribution in [2.75, 3.05) is 0 Å². The second-order valence-electron chi connectivity index (χ2n) is 6.59. The fraction of sp³-hybridized carbons (Fsp3) is 0.143. The zero-order valence-corrected chi connectivity index (χ0v) is 19.2. The molecular weight excluding hydrogens is 573 g/mol. The Balaban J connectivity index is 2.04. The number of hydrogen-bond donors (Lipinski definition) is 0. The molecule has 0 saturated heterocycles. The first-order valence-electron chi connectivity index (χ1n) is 8.83. The molecule has 3 nitrogen and oxygen atoms in total. The number of alkyl halides is 6. The van der Waals surface area contributed by atoms with E-state index in [0.717, 1.165) is 54.1 Å². The van der Waals surface area contributed by atoms with Gasteiger partial charge in [-0.3, -0.25) is 0 Å². The molecule has 0 aliphatic carbocycles. The predicted octanol–water partition coefficient (Wildman–Crippen LogP) is 6.90. The minimum atomic E-state index is -4.60. The summed E-state index contributed by atoms with van der Waals surface area (Å²) in [5.74, 6) is 0. The summed E-state index contributed by atoms with van der Waals surface area (Å²) in [4.78, 5) is -0.163. The van der Waals surface area contributed by atoms with E-state index in [4.69, 9.17) is 2.51 Å². The fourth-order valence-electron chi connectivity index (χ4n) is 2.53. The van der Waals surface area contributed by atoms with Crippen molar-refractivity contribution >= 4 is 30.4 Å². The van der Waals surface area contributed by atoms with Gasteiger partial charge in [-0.2, -0.15) is 0 Å². The van der Waals surface area contributed by atoms with Gasteiger partial charge in [-0.05, 0) is 0 Å². The zero-order chi connectivity index (χ0) is 23.7. The molecule has 0 saturated carbocycles. The first-order valence-corrected chi connectivity index (χ1v) is 13.3. The van der Waals surface area contributed by atoms with Crippen molar-refractivity contribution in [1.82, 2.24) is 0 Å². The van der Waals surface area contributed by atoms with E-state index in [-0.39, 0.29) is 12.0 Å². The third-order valence-electron chi connectivity index (χ3n) is 4.20. The van der Waals surface area contributed by atoms with Crippen LogP contribution >= 0.6 is 20.2 Å². The van der Waals surface area contributed by atoms with Crippen molar-refractivity contribution in [1.29, 1.82) is 0 Å². The second-order valence-corrected chi connectivity index (χ2v) is 13.1. The van der Waals surface area contributed by atoms with Crippen LogP contribution in [0.1, 0.15) is 16.7 Å². The predicted molar refractivity (Wildman–Crippen MR) is 114 cm³/mol. The normalized spacial score (nSPS) is 13.2. The molecule has 0 N–H and O–H groups in total. The Kier molecular flexibility index (Phi) is 6.91. The molecule has 3 aromatic carbocycles. The van der Waals surface area contributed by atoms with Gasteiger partial charge in [-0.15, -0.1) is 0 Å². The molecule has 0 unspecified atom stereocenters. The molecule has 172 valence electrons. The van der Waals surface area contributed by atoms with Crippen LogP contribution in [0.25, 0.3) is 0 Å². The summed E-state index contributed by atoms with van der Waals surface area (Å²) in [5, 5.41) is 0. The minimum absolute atomic E-state index is 0.163. The van der Waals surface area contributed by atoms with Crippen LogP contribution in [0.3, 0.4) is 0 Å². The van der Waals surface area contributed by atoms with Gasteiger partial charge in [-0.25, -0.2) is 0 Å². The van der Waals surface area contributed by atoms with Crippen LogP contribution in [0.15, 0.2) is 77.7 Å². The SMILES string of the molecule is Cc1ccc(S(=O)(=O)OI(c2ccc(C(F)(F)F)cc2)c2ccc(C(F)(F)F)cc2)cc1. The van der Waals surface area contributed by atoms with Crippen LogP contribution in [0.2, 0.25) is 0 Å². The van der Waals surface area contributed by atoms with Crippen LogP contribution in [-0.2, 0) is 25.0 Å². The quantitative estimate of drug-likeness (QED) is 0.241. The van der Waals surface area contributed by atoms with Crippen molar-refractivity contribution in [3.8, 4) is 0 Å². The monoisotopic (exact) mass is 588 g/mol. The zero-order valence-electron chi connectivity index (χ0n) is 16.2. The molecule has 0 spiro atoms. The molecule has 32 heavy (non-hydrogen) atoms. The molecule has 0 fully saturated rings. The summed E-state index contributed by atoms with van der Waals surface area (Å²) in [5.41, 5.74) is -1.08. The molecule has 0 atom stereocenters. The Morgan fingerprint density at radius 2 is 1.03 bits per heavy atom. The van der Waals surface area contributed by atoms with Gasteiger partial charge in [0.05, 0.1) is 0 Å². The molecule has 0 bridgehead atoms. The van der Waals surface area contributed by atoms with Gasteiger partial charge < -0.3 is 0 Å². The van der Waals surface area contributed by atoms with Crippen LogP contribution in [-0.4, -0.2) is 8.42 Å². The second kappa shape index (κ2) is 9.02. The first-order chi connectivity index (χ1) is 14.8. The van der Waals surface area contributed by atoms with E-state index in [1.807, 2.05) is 0 Å². The molecule has 0 aliphatic heterocycles. The fourth-order valence-corrected chi connectivity index (χ4v) is 9.42. The van der Waals surface area contributed by atoms with E-state index in [0.29, 0.717) is 0 Å². The van der Waals surface area contributed by atoms with Gasteiger partial charge in [0.15, 0.2) is 0 Å². The van der Waals surface area contributed by atoms with Crippen LogP contribution in [0.4, 0.5) is 26.3 Å². The molecule has 3 aromatic rings. The van der Waals surface area contributed by atoms with Crippen molar-refractivity contribution in [3.63, 3.8) is 0 Å². The van der Waals surface area contributed by atoms with Crippen LogP contribution < -0.4 is 0 Å². The Morgan fingerprint density at radius 1 is 0.656 bits per heavy atom. The molecule has 0 radical (unpaired) electrons. The van der Waals surface area contributed by atoms with Gasteiger partial charge in [0.1, 0.15) is 0 Å². The van der Waals surface area contributed by atoms with Gasteiger partial charge in [0.25, 0.3) is 0 Å². The summed E-state index contributed by atoms with van der Waals surface area (Å²) in [6.45, 7) is 1.75. The standard InChI is InChI=1S/C21H15F6IO3S/c1-14-2-12-19(13-3-14)32(29,30)31-28(17-8-4-15(5-9-17)20(22,23)24)18-10-6-16(7-11-18)21(25,26)27/h2-13H,1H3. The third kappa shape index (κ3) is 5.81. The Bertz CT molecular complexity index is 1110. The first kappa shape index (κ1) is 24.5. The summed E-state index contributed by atoms with van der Waals surface area (Å²) in [6.07, 6.45) is -9.19. The number of aryl methyl sites for hydroxylation is 1. The molecule has 3 rings (SSSR count). The molecule has 0 amide bonds. The van der Waals surface area contributed by atoms with E-state index in [1.54, 1.807) is 19.1 Å². The maximum atomic E-state index is 12.9. The third-order valence-corrected chi connectivity index (χ3v) is 11.5.